The quantitative estimate of drug-likeness (QED) is 0.506. The van der Waals surface area contributed by atoms with Gasteiger partial charge in [0.1, 0.15) is 6.61 Å². The molecule has 1 unspecified atom stereocenters. The second-order valence-electron chi connectivity index (χ2n) is 3.39. The van der Waals surface area contributed by atoms with Crippen LogP contribution in [-0.4, -0.2) is 32.0 Å². The molecule has 0 aliphatic rings. The largest absolute Gasteiger partial charge is 0.411 e. The SMILES string of the molecule is C=CCCC(C)NCCOCC(F)(F)F. The second-order valence-corrected chi connectivity index (χ2v) is 3.39. The van der Waals surface area contributed by atoms with E-state index in [2.05, 4.69) is 16.6 Å². The molecule has 0 saturated carbocycles. The van der Waals surface area contributed by atoms with E-state index in [1.54, 1.807) is 0 Å². The molecule has 0 heterocycles. The molecule has 0 saturated heterocycles. The number of ether oxygens (including phenoxy) is 1. The predicted molar refractivity (Wildman–Crippen MR) is 53.8 cm³/mol. The highest BCUT2D eigenvalue weighted by atomic mass is 19.4. The summed E-state index contributed by atoms with van der Waals surface area (Å²) in [6.07, 6.45) is -0.576. The van der Waals surface area contributed by atoms with Crippen LogP contribution < -0.4 is 5.32 Å². The van der Waals surface area contributed by atoms with Crippen LogP contribution in [0.2, 0.25) is 0 Å². The molecule has 0 radical (unpaired) electrons. The minimum absolute atomic E-state index is 0.0813. The Labute approximate surface area is 88.5 Å². The van der Waals surface area contributed by atoms with Gasteiger partial charge in [-0.2, -0.15) is 13.2 Å². The van der Waals surface area contributed by atoms with Gasteiger partial charge in [-0.05, 0) is 19.8 Å². The summed E-state index contributed by atoms with van der Waals surface area (Å²) in [5, 5.41) is 3.06. The summed E-state index contributed by atoms with van der Waals surface area (Å²) in [4.78, 5) is 0. The van der Waals surface area contributed by atoms with E-state index < -0.39 is 12.8 Å². The molecule has 5 heteroatoms. The standard InChI is InChI=1S/C10H18F3NO/c1-3-4-5-9(2)14-6-7-15-8-10(11,12)13/h3,9,14H,1,4-8H2,2H3. The van der Waals surface area contributed by atoms with E-state index in [1.165, 1.54) is 0 Å². The van der Waals surface area contributed by atoms with Crippen LogP contribution in [-0.2, 0) is 4.74 Å². The fourth-order valence-corrected chi connectivity index (χ4v) is 1.04. The molecule has 0 aromatic carbocycles. The van der Waals surface area contributed by atoms with Gasteiger partial charge in [0.2, 0.25) is 0 Å². The van der Waals surface area contributed by atoms with E-state index in [-0.39, 0.29) is 12.6 Å². The van der Waals surface area contributed by atoms with Gasteiger partial charge >= 0.3 is 6.18 Å². The van der Waals surface area contributed by atoms with Crippen LogP contribution in [0.15, 0.2) is 12.7 Å². The van der Waals surface area contributed by atoms with Crippen molar-refractivity contribution in [2.75, 3.05) is 19.8 Å². The first kappa shape index (κ1) is 14.5. The highest BCUT2D eigenvalue weighted by Gasteiger charge is 2.27. The number of halogens is 3. The molecule has 15 heavy (non-hydrogen) atoms. The fourth-order valence-electron chi connectivity index (χ4n) is 1.04. The zero-order valence-electron chi connectivity index (χ0n) is 8.94. The number of hydrogen-bond donors (Lipinski definition) is 1. The summed E-state index contributed by atoms with van der Waals surface area (Å²) in [7, 11) is 0. The third-order valence-electron chi connectivity index (χ3n) is 1.81. The number of alkyl halides is 3. The maximum atomic E-state index is 11.7. The van der Waals surface area contributed by atoms with E-state index >= 15 is 0 Å². The maximum absolute atomic E-state index is 11.7. The summed E-state index contributed by atoms with van der Waals surface area (Å²) in [6, 6.07) is 0.275. The average Bonchev–Trinajstić information content (AvgIpc) is 2.12. The van der Waals surface area contributed by atoms with Gasteiger partial charge in [0.05, 0.1) is 6.61 Å². The van der Waals surface area contributed by atoms with Gasteiger partial charge in [0.25, 0.3) is 0 Å². The summed E-state index contributed by atoms with van der Waals surface area (Å²) >= 11 is 0. The Balaban J connectivity index is 3.27. The summed E-state index contributed by atoms with van der Waals surface area (Å²) < 4.78 is 39.4. The Bertz CT molecular complexity index is 171. The van der Waals surface area contributed by atoms with Crippen LogP contribution in [0.1, 0.15) is 19.8 Å². The zero-order valence-corrected chi connectivity index (χ0v) is 8.94. The van der Waals surface area contributed by atoms with Gasteiger partial charge < -0.3 is 10.1 Å². The molecular weight excluding hydrogens is 207 g/mol. The normalized spacial score (nSPS) is 13.9. The van der Waals surface area contributed by atoms with Crippen molar-refractivity contribution in [1.82, 2.24) is 5.32 Å². The first-order chi connectivity index (χ1) is 6.95. The lowest BCUT2D eigenvalue weighted by Gasteiger charge is -2.13. The maximum Gasteiger partial charge on any atom is 0.411 e. The zero-order chi connectivity index (χ0) is 11.7. The van der Waals surface area contributed by atoms with Gasteiger partial charge in [0.15, 0.2) is 0 Å². The van der Waals surface area contributed by atoms with Crippen molar-refractivity contribution in [3.8, 4) is 0 Å². The van der Waals surface area contributed by atoms with Crippen molar-refractivity contribution in [3.63, 3.8) is 0 Å². The molecule has 0 aromatic heterocycles. The lowest BCUT2D eigenvalue weighted by Crippen LogP contribution is -2.30. The van der Waals surface area contributed by atoms with Gasteiger partial charge in [-0.3, -0.25) is 0 Å². The monoisotopic (exact) mass is 225 g/mol. The van der Waals surface area contributed by atoms with Crippen LogP contribution in [0, 0.1) is 0 Å². The summed E-state index contributed by atoms with van der Waals surface area (Å²) in [6.45, 7) is 4.92. The Hall–Kier alpha value is -0.550. The molecule has 0 fully saturated rings. The van der Waals surface area contributed by atoms with Gasteiger partial charge in [0, 0.05) is 12.6 Å². The molecule has 0 aliphatic carbocycles. The molecule has 1 N–H and O–H groups in total. The second kappa shape index (κ2) is 7.70. The fraction of sp³-hybridized carbons (Fsp3) is 0.800. The topological polar surface area (TPSA) is 21.3 Å². The molecule has 0 amide bonds. The molecule has 0 rings (SSSR count). The van der Waals surface area contributed by atoms with E-state index in [9.17, 15) is 13.2 Å². The van der Waals surface area contributed by atoms with Crippen molar-refractivity contribution >= 4 is 0 Å². The van der Waals surface area contributed by atoms with Crippen molar-refractivity contribution in [3.05, 3.63) is 12.7 Å². The predicted octanol–water partition coefficient (Wildman–Crippen LogP) is 2.51. The Kier molecular flexibility index (Phi) is 7.42. The number of allylic oxidation sites excluding steroid dienone is 1. The lowest BCUT2D eigenvalue weighted by molar-refractivity contribution is -0.173. The van der Waals surface area contributed by atoms with Crippen molar-refractivity contribution in [2.24, 2.45) is 0 Å². The molecular formula is C10H18F3NO. The molecule has 90 valence electrons. The third-order valence-corrected chi connectivity index (χ3v) is 1.81. The number of rotatable bonds is 8. The average molecular weight is 225 g/mol. The van der Waals surface area contributed by atoms with Gasteiger partial charge in [-0.25, -0.2) is 0 Å². The minimum Gasteiger partial charge on any atom is -0.371 e. The number of nitrogens with one attached hydrogen (secondary N) is 1. The van der Waals surface area contributed by atoms with Crippen LogP contribution in [0.3, 0.4) is 0 Å². The molecule has 0 spiro atoms. The first-order valence-electron chi connectivity index (χ1n) is 4.94. The molecule has 0 aromatic rings. The molecule has 1 atom stereocenters. The highest BCUT2D eigenvalue weighted by Crippen LogP contribution is 2.13. The Morgan fingerprint density at radius 1 is 1.47 bits per heavy atom. The van der Waals surface area contributed by atoms with E-state index in [4.69, 9.17) is 0 Å². The Morgan fingerprint density at radius 2 is 2.13 bits per heavy atom. The van der Waals surface area contributed by atoms with Crippen LogP contribution in [0.25, 0.3) is 0 Å². The molecule has 2 nitrogen and oxygen atoms in total. The third kappa shape index (κ3) is 11.4. The smallest absolute Gasteiger partial charge is 0.371 e. The first-order valence-corrected chi connectivity index (χ1v) is 4.94. The van der Waals surface area contributed by atoms with Crippen molar-refractivity contribution in [2.45, 2.75) is 32.0 Å². The molecule has 0 aliphatic heterocycles. The minimum atomic E-state index is -4.23. The van der Waals surface area contributed by atoms with Gasteiger partial charge in [-0.15, -0.1) is 6.58 Å². The Morgan fingerprint density at radius 3 is 2.67 bits per heavy atom. The van der Waals surface area contributed by atoms with E-state index in [1.807, 2.05) is 13.0 Å². The highest BCUT2D eigenvalue weighted by molar-refractivity contribution is 4.70. The summed E-state index contributed by atoms with van der Waals surface area (Å²) in [5.41, 5.74) is 0. The number of hydrogen-bond acceptors (Lipinski definition) is 2. The van der Waals surface area contributed by atoms with Gasteiger partial charge in [-0.1, -0.05) is 6.08 Å². The van der Waals surface area contributed by atoms with E-state index in [0.717, 1.165) is 12.8 Å². The van der Waals surface area contributed by atoms with E-state index in [0.29, 0.717) is 6.54 Å². The van der Waals surface area contributed by atoms with Crippen LogP contribution >= 0.6 is 0 Å². The summed E-state index contributed by atoms with van der Waals surface area (Å²) in [5.74, 6) is 0. The van der Waals surface area contributed by atoms with Crippen LogP contribution in [0.4, 0.5) is 13.2 Å². The molecule has 0 bridgehead atoms. The van der Waals surface area contributed by atoms with Crippen LogP contribution in [0.5, 0.6) is 0 Å². The van der Waals surface area contributed by atoms with Crippen molar-refractivity contribution < 1.29 is 17.9 Å². The lowest BCUT2D eigenvalue weighted by atomic mass is 10.2. The van der Waals surface area contributed by atoms with Crippen molar-refractivity contribution in [1.29, 1.82) is 0 Å².